The first-order valence-electron chi connectivity index (χ1n) is 2.17. The van der Waals surface area contributed by atoms with E-state index < -0.39 is 0 Å². The molecule has 1 rings (SSSR count). The average Bonchev–Trinajstić information content (AvgIpc) is 1.80. The molecule has 0 aliphatic rings. The minimum atomic E-state index is 0.530. The molecule has 48 valence electrons. The first-order valence-corrected chi connectivity index (χ1v) is 4.42. The number of aromatic nitrogens is 1. The topological polar surface area (TPSA) is 12.9 Å². The minimum Gasteiger partial charge on any atom is -0.229 e. The third kappa shape index (κ3) is 2.05. The van der Waals surface area contributed by atoms with Crippen LogP contribution >= 0.6 is 50.1 Å². The van der Waals surface area contributed by atoms with E-state index in [0.717, 1.165) is 8.17 Å². The fourth-order valence-electron chi connectivity index (χ4n) is 0.395. The third-order valence-electron chi connectivity index (χ3n) is 0.769. The summed E-state index contributed by atoms with van der Waals surface area (Å²) in [6.45, 7) is 0. The maximum absolute atomic E-state index is 5.58. The van der Waals surface area contributed by atoms with Crippen LogP contribution in [0, 0.1) is 3.70 Å². The van der Waals surface area contributed by atoms with E-state index in [4.69, 9.17) is 11.6 Å². The lowest BCUT2D eigenvalue weighted by Crippen LogP contribution is -1.80. The van der Waals surface area contributed by atoms with Gasteiger partial charge >= 0.3 is 0 Å². The van der Waals surface area contributed by atoms with Gasteiger partial charge in [0.1, 0.15) is 8.85 Å². The Morgan fingerprint density at radius 1 is 1.56 bits per heavy atom. The monoisotopic (exact) mass is 317 g/mol. The maximum atomic E-state index is 5.58. The second kappa shape index (κ2) is 3.16. The van der Waals surface area contributed by atoms with E-state index >= 15 is 0 Å². The van der Waals surface area contributed by atoms with Crippen molar-refractivity contribution in [2.45, 2.75) is 0 Å². The molecule has 0 unspecified atom stereocenters. The van der Waals surface area contributed by atoms with Gasteiger partial charge in [-0.1, -0.05) is 11.6 Å². The van der Waals surface area contributed by atoms with Gasteiger partial charge in [-0.15, -0.1) is 0 Å². The highest BCUT2D eigenvalue weighted by Gasteiger charge is 1.95. The second-order valence-corrected chi connectivity index (χ2v) is 3.67. The Hall–Kier alpha value is 0.650. The van der Waals surface area contributed by atoms with Crippen LogP contribution in [0.1, 0.15) is 0 Å². The Morgan fingerprint density at radius 3 is 2.67 bits per heavy atom. The first-order chi connectivity index (χ1) is 4.20. The first kappa shape index (κ1) is 7.75. The van der Waals surface area contributed by atoms with Crippen LogP contribution in [0.5, 0.6) is 0 Å². The molecule has 0 fully saturated rings. The van der Waals surface area contributed by atoms with Crippen molar-refractivity contribution in [1.29, 1.82) is 0 Å². The highest BCUT2D eigenvalue weighted by Crippen LogP contribution is 2.18. The van der Waals surface area contributed by atoms with E-state index in [1.165, 1.54) is 0 Å². The molecule has 0 N–H and O–H groups in total. The Balaban J connectivity index is 3.17. The molecule has 0 aromatic carbocycles. The molecule has 9 heavy (non-hydrogen) atoms. The highest BCUT2D eigenvalue weighted by atomic mass is 127. The fraction of sp³-hybridized carbons (Fsp3) is 0. The standard InChI is InChI=1S/C5H2BrClIN/c6-3-1-2-4(7)9-5(3)8/h1-2H. The van der Waals surface area contributed by atoms with Gasteiger partial charge in [-0.05, 0) is 50.7 Å². The molecule has 0 saturated heterocycles. The number of halogens is 3. The molecule has 0 atom stereocenters. The summed E-state index contributed by atoms with van der Waals surface area (Å²) in [7, 11) is 0. The van der Waals surface area contributed by atoms with Crippen molar-refractivity contribution in [2.75, 3.05) is 0 Å². The zero-order valence-electron chi connectivity index (χ0n) is 4.24. The SMILES string of the molecule is Clc1ccc(Br)c(I)n1. The lowest BCUT2D eigenvalue weighted by atomic mass is 10.5. The molecule has 4 heteroatoms. The van der Waals surface area contributed by atoms with Crippen LogP contribution in [0.15, 0.2) is 16.6 Å². The van der Waals surface area contributed by atoms with E-state index in [1.54, 1.807) is 6.07 Å². The van der Waals surface area contributed by atoms with Crippen molar-refractivity contribution >= 4 is 50.1 Å². The molecule has 1 aromatic rings. The van der Waals surface area contributed by atoms with Gasteiger partial charge in [-0.2, -0.15) is 0 Å². The largest absolute Gasteiger partial charge is 0.229 e. The van der Waals surface area contributed by atoms with Gasteiger partial charge in [0, 0.05) is 4.47 Å². The number of hydrogen-bond donors (Lipinski definition) is 0. The summed E-state index contributed by atoms with van der Waals surface area (Å²) in [6.07, 6.45) is 0. The molecule has 1 nitrogen and oxygen atoms in total. The second-order valence-electron chi connectivity index (χ2n) is 1.41. The van der Waals surface area contributed by atoms with Crippen LogP contribution < -0.4 is 0 Å². The van der Waals surface area contributed by atoms with Crippen molar-refractivity contribution in [3.8, 4) is 0 Å². The Bertz CT molecular complexity index is 228. The van der Waals surface area contributed by atoms with E-state index in [-0.39, 0.29) is 0 Å². The van der Waals surface area contributed by atoms with Crippen LogP contribution in [0.4, 0.5) is 0 Å². The van der Waals surface area contributed by atoms with Crippen molar-refractivity contribution in [3.63, 3.8) is 0 Å². The molecule has 0 saturated carbocycles. The van der Waals surface area contributed by atoms with E-state index in [0.29, 0.717) is 5.15 Å². The van der Waals surface area contributed by atoms with Crippen molar-refractivity contribution in [1.82, 2.24) is 4.98 Å². The lowest BCUT2D eigenvalue weighted by molar-refractivity contribution is 1.25. The smallest absolute Gasteiger partial charge is 0.130 e. The van der Waals surface area contributed by atoms with Crippen LogP contribution in [0.3, 0.4) is 0 Å². The summed E-state index contributed by atoms with van der Waals surface area (Å²) in [4.78, 5) is 3.98. The molecule has 1 heterocycles. The van der Waals surface area contributed by atoms with Crippen LogP contribution in [-0.4, -0.2) is 4.98 Å². The quantitative estimate of drug-likeness (QED) is 0.529. The molecular formula is C5H2BrClIN. The average molecular weight is 318 g/mol. The molecule has 0 aliphatic heterocycles. The van der Waals surface area contributed by atoms with E-state index in [1.807, 2.05) is 6.07 Å². The molecule has 0 radical (unpaired) electrons. The van der Waals surface area contributed by atoms with Crippen molar-refractivity contribution < 1.29 is 0 Å². The van der Waals surface area contributed by atoms with Gasteiger partial charge in [0.05, 0.1) is 0 Å². The molecule has 1 aromatic heterocycles. The van der Waals surface area contributed by atoms with Crippen LogP contribution in [0.25, 0.3) is 0 Å². The number of pyridine rings is 1. The summed E-state index contributed by atoms with van der Waals surface area (Å²) in [5.41, 5.74) is 0. The van der Waals surface area contributed by atoms with Crippen LogP contribution in [0.2, 0.25) is 5.15 Å². The van der Waals surface area contributed by atoms with Gasteiger partial charge in [0.25, 0.3) is 0 Å². The number of rotatable bonds is 0. The summed E-state index contributed by atoms with van der Waals surface area (Å²) in [6, 6.07) is 3.62. The molecular weight excluding hydrogens is 316 g/mol. The fourth-order valence-corrected chi connectivity index (χ4v) is 1.35. The number of hydrogen-bond acceptors (Lipinski definition) is 1. The van der Waals surface area contributed by atoms with Gasteiger partial charge < -0.3 is 0 Å². The van der Waals surface area contributed by atoms with Gasteiger partial charge in [0.2, 0.25) is 0 Å². The Labute approximate surface area is 80.1 Å². The molecule has 0 aliphatic carbocycles. The third-order valence-corrected chi connectivity index (χ3v) is 3.18. The van der Waals surface area contributed by atoms with Crippen LogP contribution in [-0.2, 0) is 0 Å². The zero-order valence-corrected chi connectivity index (χ0v) is 8.74. The summed E-state index contributed by atoms with van der Waals surface area (Å²) < 4.78 is 1.87. The van der Waals surface area contributed by atoms with Gasteiger partial charge in [0.15, 0.2) is 0 Å². The predicted molar refractivity (Wildman–Crippen MR) is 49.7 cm³/mol. The molecule has 0 bridgehead atoms. The Morgan fingerprint density at radius 2 is 2.22 bits per heavy atom. The maximum Gasteiger partial charge on any atom is 0.130 e. The minimum absolute atomic E-state index is 0.530. The van der Waals surface area contributed by atoms with Gasteiger partial charge in [-0.3, -0.25) is 0 Å². The number of nitrogens with zero attached hydrogens (tertiary/aromatic N) is 1. The van der Waals surface area contributed by atoms with E-state index in [9.17, 15) is 0 Å². The van der Waals surface area contributed by atoms with Crippen molar-refractivity contribution in [3.05, 3.63) is 25.5 Å². The summed E-state index contributed by atoms with van der Waals surface area (Å²) in [5, 5.41) is 0.530. The van der Waals surface area contributed by atoms with Gasteiger partial charge in [-0.25, -0.2) is 4.98 Å². The molecule has 0 spiro atoms. The highest BCUT2D eigenvalue weighted by molar-refractivity contribution is 14.1. The summed E-state index contributed by atoms with van der Waals surface area (Å²) >= 11 is 11.0. The summed E-state index contributed by atoms with van der Waals surface area (Å²) in [5.74, 6) is 0. The van der Waals surface area contributed by atoms with E-state index in [2.05, 4.69) is 43.5 Å². The van der Waals surface area contributed by atoms with Crippen molar-refractivity contribution in [2.24, 2.45) is 0 Å². The normalized spacial score (nSPS) is 9.67. The lowest BCUT2D eigenvalue weighted by Gasteiger charge is -1.92. The Kier molecular flexibility index (Phi) is 2.73. The predicted octanol–water partition coefficient (Wildman–Crippen LogP) is 3.10. The molecule has 0 amide bonds. The zero-order chi connectivity index (χ0) is 6.85.